The molecule has 4 aromatic rings. The van der Waals surface area contributed by atoms with Crippen molar-refractivity contribution in [2.75, 3.05) is 18.6 Å². The minimum atomic E-state index is -0.350. The number of fused-ring (bicyclic) bond motifs is 2. The van der Waals surface area contributed by atoms with Crippen LogP contribution in [0, 0.1) is 5.92 Å². The van der Waals surface area contributed by atoms with Crippen molar-refractivity contribution >= 4 is 33.8 Å². The lowest BCUT2D eigenvalue weighted by atomic mass is 10.1. The number of hydrogen-bond acceptors (Lipinski definition) is 6. The van der Waals surface area contributed by atoms with E-state index in [1.165, 1.54) is 0 Å². The topological polar surface area (TPSA) is 68.5 Å². The Kier molecular flexibility index (Phi) is 5.63. The number of aromatic nitrogens is 2. The number of para-hydroxylation sites is 1. The highest BCUT2D eigenvalue weighted by Crippen LogP contribution is 2.34. The lowest BCUT2D eigenvalue weighted by Gasteiger charge is -2.24. The van der Waals surface area contributed by atoms with Crippen molar-refractivity contribution in [2.24, 2.45) is 5.92 Å². The predicted octanol–water partition coefficient (Wildman–Crippen LogP) is 5.70. The van der Waals surface area contributed by atoms with Gasteiger partial charge in [-0.2, -0.15) is 0 Å². The molecular weight excluding hydrogens is 390 g/mol. The normalized spacial score (nSPS) is 11.6. The van der Waals surface area contributed by atoms with Gasteiger partial charge >= 0.3 is 5.97 Å². The molecule has 160 valence electrons. The van der Waals surface area contributed by atoms with Gasteiger partial charge in [0.05, 0.1) is 23.2 Å². The molecular formula is C25H27N3O3. The van der Waals surface area contributed by atoms with Crippen LogP contribution in [-0.4, -0.2) is 35.6 Å². The van der Waals surface area contributed by atoms with Crippen LogP contribution in [-0.2, 0) is 4.74 Å². The first kappa shape index (κ1) is 20.8. The number of benzene rings is 2. The van der Waals surface area contributed by atoms with E-state index in [2.05, 4.69) is 18.7 Å². The van der Waals surface area contributed by atoms with E-state index in [1.54, 1.807) is 18.2 Å². The van der Waals surface area contributed by atoms with E-state index in [-0.39, 0.29) is 17.9 Å². The average Bonchev–Trinajstić information content (AvgIpc) is 3.19. The largest absolute Gasteiger partial charge is 0.462 e. The molecule has 0 N–H and O–H groups in total. The lowest BCUT2D eigenvalue weighted by Crippen LogP contribution is -2.27. The van der Waals surface area contributed by atoms with Crippen LogP contribution in [0.25, 0.3) is 33.5 Å². The van der Waals surface area contributed by atoms with Crippen LogP contribution in [0.2, 0.25) is 0 Å². The van der Waals surface area contributed by atoms with Crippen LogP contribution in [0.5, 0.6) is 0 Å². The molecule has 0 aliphatic heterocycles. The van der Waals surface area contributed by atoms with Gasteiger partial charge in [0.25, 0.3) is 0 Å². The second-order valence-electron chi connectivity index (χ2n) is 8.44. The van der Waals surface area contributed by atoms with Gasteiger partial charge < -0.3 is 14.1 Å². The maximum Gasteiger partial charge on any atom is 0.338 e. The minimum Gasteiger partial charge on any atom is -0.462 e. The summed E-state index contributed by atoms with van der Waals surface area (Å²) in [5.74, 6) is 1.30. The van der Waals surface area contributed by atoms with Crippen molar-refractivity contribution in [3.63, 3.8) is 0 Å². The molecule has 0 bridgehead atoms. The zero-order chi connectivity index (χ0) is 22.1. The molecule has 6 heteroatoms. The van der Waals surface area contributed by atoms with E-state index in [0.29, 0.717) is 40.5 Å². The summed E-state index contributed by atoms with van der Waals surface area (Å²) in [4.78, 5) is 24.2. The Balaban J connectivity index is 1.82. The molecule has 0 amide bonds. The van der Waals surface area contributed by atoms with Crippen LogP contribution in [0.4, 0.5) is 5.82 Å². The molecule has 2 heterocycles. The highest BCUT2D eigenvalue weighted by molar-refractivity contribution is 5.95. The molecule has 0 atom stereocenters. The number of hydrogen-bond donors (Lipinski definition) is 0. The Hall–Kier alpha value is -3.41. The Morgan fingerprint density at radius 1 is 1.03 bits per heavy atom. The second-order valence-corrected chi connectivity index (χ2v) is 8.44. The number of carbonyl (C=O) groups is 1. The Bertz CT molecular complexity index is 1210. The fourth-order valence-electron chi connectivity index (χ4n) is 3.25. The molecule has 0 saturated heterocycles. The van der Waals surface area contributed by atoms with E-state index in [0.717, 1.165) is 11.0 Å². The highest BCUT2D eigenvalue weighted by atomic mass is 16.5. The first-order valence-electron chi connectivity index (χ1n) is 10.5. The third kappa shape index (κ3) is 4.24. The average molecular weight is 418 g/mol. The van der Waals surface area contributed by atoms with Gasteiger partial charge in [-0.3, -0.25) is 0 Å². The number of rotatable bonds is 6. The Morgan fingerprint density at radius 2 is 1.81 bits per heavy atom. The van der Waals surface area contributed by atoms with Crippen molar-refractivity contribution in [1.29, 1.82) is 0 Å². The fourth-order valence-corrected chi connectivity index (χ4v) is 3.25. The number of carbonyl (C=O) groups excluding carboxylic acids is 1. The first-order valence-corrected chi connectivity index (χ1v) is 10.5. The number of furan rings is 1. The highest BCUT2D eigenvalue weighted by Gasteiger charge is 2.20. The molecule has 0 saturated carbocycles. The Morgan fingerprint density at radius 3 is 2.52 bits per heavy atom. The molecule has 0 spiro atoms. The van der Waals surface area contributed by atoms with Gasteiger partial charge in [-0.05, 0) is 50.1 Å². The maximum atomic E-state index is 12.4. The number of esters is 1. The van der Waals surface area contributed by atoms with E-state index < -0.39 is 0 Å². The summed E-state index contributed by atoms with van der Waals surface area (Å²) in [6.45, 7) is 8.58. The second kappa shape index (κ2) is 8.38. The van der Waals surface area contributed by atoms with Gasteiger partial charge in [0, 0.05) is 18.5 Å². The van der Waals surface area contributed by atoms with E-state index in [1.807, 2.05) is 51.2 Å². The summed E-state index contributed by atoms with van der Waals surface area (Å²) in [6.07, 6.45) is 0. The van der Waals surface area contributed by atoms with E-state index >= 15 is 0 Å². The summed E-state index contributed by atoms with van der Waals surface area (Å²) in [7, 11) is 1.98. The van der Waals surface area contributed by atoms with E-state index in [4.69, 9.17) is 19.1 Å². The van der Waals surface area contributed by atoms with Crippen LogP contribution in [0.3, 0.4) is 0 Å². The lowest BCUT2D eigenvalue weighted by molar-refractivity contribution is 0.0459. The smallest absolute Gasteiger partial charge is 0.338 e. The van der Waals surface area contributed by atoms with Crippen LogP contribution in [0.15, 0.2) is 52.9 Å². The first-order chi connectivity index (χ1) is 14.8. The van der Waals surface area contributed by atoms with E-state index in [9.17, 15) is 4.79 Å². The molecule has 2 aromatic heterocycles. The number of nitrogens with zero attached hydrogens (tertiary/aromatic N) is 3. The van der Waals surface area contributed by atoms with Gasteiger partial charge in [-0.15, -0.1) is 0 Å². The molecule has 0 unspecified atom stereocenters. The SMILES string of the molecule is CC(C)COC(=O)c1ccc2nc(-c3cc4ccccc4o3)c(N(C)C(C)C)nc2c1. The zero-order valence-corrected chi connectivity index (χ0v) is 18.5. The summed E-state index contributed by atoms with van der Waals surface area (Å²) >= 11 is 0. The van der Waals surface area contributed by atoms with Gasteiger partial charge in [-0.25, -0.2) is 14.8 Å². The van der Waals surface area contributed by atoms with Gasteiger partial charge in [0.2, 0.25) is 0 Å². The van der Waals surface area contributed by atoms with Crippen LogP contribution < -0.4 is 4.90 Å². The van der Waals surface area contributed by atoms with Crippen LogP contribution in [0.1, 0.15) is 38.1 Å². The summed E-state index contributed by atoms with van der Waals surface area (Å²) in [5, 5.41) is 1.01. The molecule has 2 aromatic carbocycles. The third-order valence-corrected chi connectivity index (χ3v) is 5.20. The summed E-state index contributed by atoms with van der Waals surface area (Å²) < 4.78 is 11.5. The summed E-state index contributed by atoms with van der Waals surface area (Å²) in [6, 6.07) is 15.3. The van der Waals surface area contributed by atoms with Crippen molar-refractivity contribution in [2.45, 2.75) is 33.7 Å². The third-order valence-electron chi connectivity index (χ3n) is 5.20. The number of ether oxygens (including phenoxy) is 1. The van der Waals surface area contributed by atoms with Crippen molar-refractivity contribution < 1.29 is 13.9 Å². The molecule has 0 aliphatic rings. The van der Waals surface area contributed by atoms with Crippen molar-refractivity contribution in [1.82, 2.24) is 9.97 Å². The quantitative estimate of drug-likeness (QED) is 0.375. The van der Waals surface area contributed by atoms with Crippen LogP contribution >= 0.6 is 0 Å². The minimum absolute atomic E-state index is 0.203. The van der Waals surface area contributed by atoms with Gasteiger partial charge in [0.1, 0.15) is 11.3 Å². The predicted molar refractivity (Wildman–Crippen MR) is 123 cm³/mol. The molecule has 0 fully saturated rings. The van der Waals surface area contributed by atoms with Gasteiger partial charge in [0.15, 0.2) is 11.6 Å². The maximum absolute atomic E-state index is 12.4. The molecule has 0 radical (unpaired) electrons. The standard InChI is InChI=1S/C25H27N3O3/c1-15(2)14-30-25(29)18-10-11-19-20(12-18)27-24(28(5)16(3)4)23(26-19)22-13-17-8-6-7-9-21(17)31-22/h6-13,15-16H,14H2,1-5H3. The molecule has 6 nitrogen and oxygen atoms in total. The monoisotopic (exact) mass is 417 g/mol. The van der Waals surface area contributed by atoms with Crippen molar-refractivity contribution in [3.05, 3.63) is 54.1 Å². The summed E-state index contributed by atoms with van der Waals surface area (Å²) in [5.41, 5.74) is 3.28. The molecule has 4 rings (SSSR count). The fraction of sp³-hybridized carbons (Fsp3) is 0.320. The zero-order valence-electron chi connectivity index (χ0n) is 18.5. The molecule has 31 heavy (non-hydrogen) atoms. The van der Waals surface area contributed by atoms with Crippen molar-refractivity contribution in [3.8, 4) is 11.5 Å². The number of anilines is 1. The Labute approximate surface area is 181 Å². The molecule has 0 aliphatic carbocycles. The van der Waals surface area contributed by atoms with Gasteiger partial charge in [-0.1, -0.05) is 32.0 Å².